The number of likely N-dealkylation sites (tertiary alicyclic amines) is 1. The molecule has 4 nitrogen and oxygen atoms in total. The van der Waals surface area contributed by atoms with Gasteiger partial charge in [-0.25, -0.2) is 4.79 Å². The molecule has 0 bridgehead atoms. The van der Waals surface area contributed by atoms with Gasteiger partial charge in [0.25, 0.3) is 0 Å². The Morgan fingerprint density at radius 2 is 2.14 bits per heavy atom. The van der Waals surface area contributed by atoms with Crippen LogP contribution >= 0.6 is 0 Å². The Kier molecular flexibility index (Phi) is 5.14. The third-order valence-electron chi connectivity index (χ3n) is 3.89. The molecule has 0 aromatic heterocycles. The maximum atomic E-state index is 12.2. The highest BCUT2D eigenvalue weighted by Crippen LogP contribution is 2.25. The summed E-state index contributed by atoms with van der Waals surface area (Å²) in [6.07, 6.45) is 6.46. The van der Waals surface area contributed by atoms with Gasteiger partial charge in [-0.2, -0.15) is 0 Å². The number of carboxylic acid groups (broad SMARTS) is 1. The van der Waals surface area contributed by atoms with Crippen LogP contribution in [0, 0.1) is 0 Å². The predicted molar refractivity (Wildman–Crippen MR) is 81.7 cm³/mol. The molecule has 1 fully saturated rings. The minimum absolute atomic E-state index is 0.0220. The lowest BCUT2D eigenvalue weighted by atomic mass is 10.0. The normalized spacial score (nSPS) is 17.8. The molecule has 1 saturated heterocycles. The first kappa shape index (κ1) is 15.3. The van der Waals surface area contributed by atoms with Crippen LogP contribution in [0.4, 0.5) is 0 Å². The number of hydrogen-bond donors (Lipinski definition) is 1. The first-order valence-corrected chi connectivity index (χ1v) is 7.38. The van der Waals surface area contributed by atoms with Crippen molar-refractivity contribution in [1.82, 2.24) is 4.90 Å². The van der Waals surface area contributed by atoms with E-state index in [1.54, 1.807) is 6.08 Å². The molecule has 1 amide bonds. The fourth-order valence-corrected chi connectivity index (χ4v) is 2.68. The summed E-state index contributed by atoms with van der Waals surface area (Å²) < 4.78 is 0. The van der Waals surface area contributed by atoms with E-state index in [0.29, 0.717) is 6.42 Å². The zero-order chi connectivity index (χ0) is 15.2. The fourth-order valence-electron chi connectivity index (χ4n) is 2.68. The summed E-state index contributed by atoms with van der Waals surface area (Å²) >= 11 is 0. The molecule has 1 heterocycles. The zero-order valence-electron chi connectivity index (χ0n) is 12.3. The van der Waals surface area contributed by atoms with Crippen LogP contribution in [0.5, 0.6) is 0 Å². The van der Waals surface area contributed by atoms with E-state index in [1.165, 1.54) is 0 Å². The first-order chi connectivity index (χ1) is 10.1. The van der Waals surface area contributed by atoms with Crippen molar-refractivity contribution in [1.29, 1.82) is 0 Å². The van der Waals surface area contributed by atoms with Crippen LogP contribution in [-0.4, -0.2) is 28.4 Å². The van der Waals surface area contributed by atoms with Gasteiger partial charge in [-0.3, -0.25) is 4.79 Å². The third kappa shape index (κ3) is 4.18. The van der Waals surface area contributed by atoms with Crippen molar-refractivity contribution >= 4 is 18.0 Å². The lowest BCUT2D eigenvalue weighted by molar-refractivity contribution is -0.133. The maximum absolute atomic E-state index is 12.2. The van der Waals surface area contributed by atoms with Crippen LogP contribution in [-0.2, 0) is 9.59 Å². The first-order valence-electron chi connectivity index (χ1n) is 7.38. The Hall–Kier alpha value is -2.10. The predicted octanol–water partition coefficient (Wildman–Crippen LogP) is 3.25. The second-order valence-electron chi connectivity index (χ2n) is 5.42. The average Bonchev–Trinajstić information content (AvgIpc) is 2.69. The van der Waals surface area contributed by atoms with Crippen LogP contribution in [0.2, 0.25) is 0 Å². The van der Waals surface area contributed by atoms with E-state index in [4.69, 9.17) is 5.11 Å². The fraction of sp³-hybridized carbons (Fsp3) is 0.412. The number of benzene rings is 1. The number of aliphatic carboxylic acids is 1. The van der Waals surface area contributed by atoms with Gasteiger partial charge in [-0.05, 0) is 43.0 Å². The van der Waals surface area contributed by atoms with Crippen molar-refractivity contribution in [3.05, 3.63) is 41.5 Å². The van der Waals surface area contributed by atoms with Crippen molar-refractivity contribution in [2.24, 2.45) is 0 Å². The molecule has 1 atom stereocenters. The van der Waals surface area contributed by atoms with Gasteiger partial charge >= 0.3 is 5.97 Å². The molecule has 1 N–H and O–H groups in total. The summed E-state index contributed by atoms with van der Waals surface area (Å²) in [5.74, 6) is -0.748. The molecule has 1 aromatic rings. The van der Waals surface area contributed by atoms with Crippen LogP contribution < -0.4 is 0 Å². The molecule has 1 unspecified atom stereocenters. The Balaban J connectivity index is 2.18. The summed E-state index contributed by atoms with van der Waals surface area (Å²) in [7, 11) is 0. The van der Waals surface area contributed by atoms with Crippen molar-refractivity contribution in [2.45, 2.75) is 38.6 Å². The Bertz CT molecular complexity index is 551. The van der Waals surface area contributed by atoms with Crippen LogP contribution in [0.1, 0.15) is 49.8 Å². The van der Waals surface area contributed by atoms with Gasteiger partial charge in [0.1, 0.15) is 0 Å². The van der Waals surface area contributed by atoms with Crippen molar-refractivity contribution in [3.63, 3.8) is 0 Å². The quantitative estimate of drug-likeness (QED) is 0.865. The minimum Gasteiger partial charge on any atom is -0.478 e. The van der Waals surface area contributed by atoms with Gasteiger partial charge in [-0.1, -0.05) is 24.6 Å². The highest BCUT2D eigenvalue weighted by atomic mass is 16.4. The summed E-state index contributed by atoms with van der Waals surface area (Å²) in [6, 6.07) is 7.72. The van der Waals surface area contributed by atoms with Crippen LogP contribution in [0.3, 0.4) is 0 Å². The van der Waals surface area contributed by atoms with E-state index in [0.717, 1.165) is 43.0 Å². The highest BCUT2D eigenvalue weighted by Gasteiger charge is 2.22. The minimum atomic E-state index is -0.962. The van der Waals surface area contributed by atoms with Gasteiger partial charge in [0.15, 0.2) is 0 Å². The zero-order valence-corrected chi connectivity index (χ0v) is 12.3. The average molecular weight is 287 g/mol. The van der Waals surface area contributed by atoms with E-state index in [9.17, 15) is 9.59 Å². The molecule has 0 aliphatic carbocycles. The molecule has 21 heavy (non-hydrogen) atoms. The number of rotatable bonds is 4. The summed E-state index contributed by atoms with van der Waals surface area (Å²) in [5, 5.41) is 8.68. The van der Waals surface area contributed by atoms with Gasteiger partial charge < -0.3 is 10.0 Å². The summed E-state index contributed by atoms with van der Waals surface area (Å²) in [4.78, 5) is 24.7. The number of carbonyl (C=O) groups excluding carboxylic acids is 1. The molecule has 0 spiro atoms. The number of carboxylic acids is 1. The molecule has 1 aliphatic heterocycles. The molecule has 4 heteroatoms. The molecule has 1 aliphatic rings. The Morgan fingerprint density at radius 1 is 1.33 bits per heavy atom. The lowest BCUT2D eigenvalue weighted by Gasteiger charge is -2.28. The van der Waals surface area contributed by atoms with Crippen LogP contribution in [0.15, 0.2) is 30.3 Å². The Morgan fingerprint density at radius 3 is 2.90 bits per heavy atom. The standard InChI is InChI=1S/C17H21NO3/c1-13(18-11-4-2-3-8-16(18)19)15-7-5-6-14(12-15)9-10-17(20)21/h5-7,9-10,12-13H,2-4,8,11H2,1H3,(H,20,21). The van der Waals surface area contributed by atoms with E-state index in [2.05, 4.69) is 0 Å². The monoisotopic (exact) mass is 287 g/mol. The second kappa shape index (κ2) is 7.07. The highest BCUT2D eigenvalue weighted by molar-refractivity contribution is 5.85. The molecule has 112 valence electrons. The largest absolute Gasteiger partial charge is 0.478 e. The van der Waals surface area contributed by atoms with Crippen molar-refractivity contribution < 1.29 is 14.7 Å². The second-order valence-corrected chi connectivity index (χ2v) is 5.42. The smallest absolute Gasteiger partial charge is 0.328 e. The van der Waals surface area contributed by atoms with Gasteiger partial charge in [0, 0.05) is 19.0 Å². The molecule has 0 saturated carbocycles. The van der Waals surface area contributed by atoms with Crippen molar-refractivity contribution in [3.8, 4) is 0 Å². The Labute approximate surface area is 125 Å². The lowest BCUT2D eigenvalue weighted by Crippen LogP contribution is -2.32. The SMILES string of the molecule is CC(c1cccc(C=CC(=O)O)c1)N1CCCCCC1=O. The third-order valence-corrected chi connectivity index (χ3v) is 3.89. The summed E-state index contributed by atoms with van der Waals surface area (Å²) in [6.45, 7) is 2.83. The molecular weight excluding hydrogens is 266 g/mol. The van der Waals surface area contributed by atoms with E-state index in [-0.39, 0.29) is 11.9 Å². The number of hydrogen-bond acceptors (Lipinski definition) is 2. The van der Waals surface area contributed by atoms with Crippen molar-refractivity contribution in [2.75, 3.05) is 6.54 Å². The van der Waals surface area contributed by atoms with E-state index in [1.807, 2.05) is 36.1 Å². The number of amides is 1. The van der Waals surface area contributed by atoms with E-state index >= 15 is 0 Å². The molecule has 2 rings (SSSR count). The van der Waals surface area contributed by atoms with E-state index < -0.39 is 5.97 Å². The molecular formula is C17H21NO3. The number of carbonyl (C=O) groups is 2. The number of nitrogens with zero attached hydrogens (tertiary/aromatic N) is 1. The molecule has 0 radical (unpaired) electrons. The van der Waals surface area contributed by atoms with Gasteiger partial charge in [-0.15, -0.1) is 0 Å². The topological polar surface area (TPSA) is 57.6 Å². The van der Waals surface area contributed by atoms with Crippen LogP contribution in [0.25, 0.3) is 6.08 Å². The van der Waals surface area contributed by atoms with Gasteiger partial charge in [0.05, 0.1) is 6.04 Å². The summed E-state index contributed by atoms with van der Waals surface area (Å²) in [5.41, 5.74) is 1.88. The maximum Gasteiger partial charge on any atom is 0.328 e. The molecule has 1 aromatic carbocycles. The van der Waals surface area contributed by atoms with Gasteiger partial charge in [0.2, 0.25) is 5.91 Å².